The molecule has 4 N–H and O–H groups in total. The van der Waals surface area contributed by atoms with Gasteiger partial charge in [-0.15, -0.1) is 0 Å². The van der Waals surface area contributed by atoms with Crippen LogP contribution in [0, 0.1) is 0 Å². The first-order chi connectivity index (χ1) is 4.95. The molecule has 2 atom stereocenters. The van der Waals surface area contributed by atoms with E-state index in [0.29, 0.717) is 0 Å². The number of ketones is 1. The van der Waals surface area contributed by atoms with Gasteiger partial charge in [0.15, 0.2) is 5.78 Å². The molecule has 5 nitrogen and oxygen atoms in total. The predicted octanol–water partition coefficient (Wildman–Crippen LogP) is -2.74. The van der Waals surface area contributed by atoms with Crippen LogP contribution in [-0.2, 0) is 4.79 Å². The van der Waals surface area contributed by atoms with E-state index >= 15 is 0 Å². The van der Waals surface area contributed by atoms with Crippen molar-refractivity contribution in [3.8, 4) is 0 Å². The highest BCUT2D eigenvalue weighted by Gasteiger charge is 2.21. The molecule has 0 saturated carbocycles. The standard InChI is InChI=1S/C5H10O5/c6-1-3(8)5(10)4(9)2-7/h3-4,6-9H,1-2H2/t3-,4+/i3D/m1/s1. The average molecular weight is 151 g/mol. The fourth-order valence-corrected chi connectivity index (χ4v) is 0.353. The first kappa shape index (κ1) is 7.62. The molecule has 0 fully saturated rings. The van der Waals surface area contributed by atoms with Crippen molar-refractivity contribution in [1.82, 2.24) is 0 Å². The molecule has 0 aliphatic carbocycles. The molecular weight excluding hydrogens is 140 g/mol. The smallest absolute Gasteiger partial charge is 0.194 e. The Morgan fingerprint density at radius 3 is 2.20 bits per heavy atom. The molecule has 10 heavy (non-hydrogen) atoms. The normalized spacial score (nSPS) is 21.0. The summed E-state index contributed by atoms with van der Waals surface area (Å²) >= 11 is 0. The van der Waals surface area contributed by atoms with Gasteiger partial charge in [0.25, 0.3) is 0 Å². The minimum atomic E-state index is -2.72. The Morgan fingerprint density at radius 2 is 1.90 bits per heavy atom. The van der Waals surface area contributed by atoms with Crippen LogP contribution in [0.15, 0.2) is 0 Å². The molecule has 5 heteroatoms. The van der Waals surface area contributed by atoms with Crippen molar-refractivity contribution in [3.63, 3.8) is 0 Å². The van der Waals surface area contributed by atoms with Gasteiger partial charge in [-0.05, 0) is 0 Å². The topological polar surface area (TPSA) is 98.0 Å². The molecule has 0 spiro atoms. The van der Waals surface area contributed by atoms with Crippen molar-refractivity contribution in [2.45, 2.75) is 12.2 Å². The molecule has 0 saturated heterocycles. The SMILES string of the molecule is [2H][C@@](O)(CO)C(=O)[C@@H](O)CO. The van der Waals surface area contributed by atoms with Gasteiger partial charge in [-0.25, -0.2) is 0 Å². The van der Waals surface area contributed by atoms with Crippen LogP contribution in [-0.4, -0.2) is 51.6 Å². The Labute approximate surface area is 58.9 Å². The Hall–Kier alpha value is -0.490. The largest absolute Gasteiger partial charge is 0.393 e. The number of Topliss-reactive ketones (excluding diaryl/α,β-unsaturated/α-hetero) is 1. The molecule has 0 amide bonds. The van der Waals surface area contributed by atoms with Gasteiger partial charge in [0.1, 0.15) is 12.2 Å². The van der Waals surface area contributed by atoms with Crippen LogP contribution in [0.3, 0.4) is 0 Å². The van der Waals surface area contributed by atoms with E-state index in [0.717, 1.165) is 0 Å². The zero-order valence-corrected chi connectivity index (χ0v) is 5.19. The summed E-state index contributed by atoms with van der Waals surface area (Å²) in [4.78, 5) is 10.6. The zero-order valence-electron chi connectivity index (χ0n) is 6.19. The van der Waals surface area contributed by atoms with Gasteiger partial charge in [-0.3, -0.25) is 4.79 Å². The van der Waals surface area contributed by atoms with E-state index < -0.39 is 31.2 Å². The number of aliphatic hydroxyl groups is 4. The number of carbonyl (C=O) groups excluding carboxylic acids is 1. The highest BCUT2D eigenvalue weighted by Crippen LogP contribution is 1.90. The van der Waals surface area contributed by atoms with Gasteiger partial charge < -0.3 is 20.4 Å². The zero-order chi connectivity index (χ0) is 9.07. The van der Waals surface area contributed by atoms with Gasteiger partial charge in [-0.2, -0.15) is 0 Å². The monoisotopic (exact) mass is 151 g/mol. The van der Waals surface area contributed by atoms with Gasteiger partial charge in [-0.1, -0.05) is 0 Å². The number of hydrogen-bond acceptors (Lipinski definition) is 5. The minimum Gasteiger partial charge on any atom is -0.393 e. The van der Waals surface area contributed by atoms with E-state index in [1.807, 2.05) is 0 Å². The molecule has 0 aromatic heterocycles. The molecule has 0 radical (unpaired) electrons. The number of carbonyl (C=O) groups is 1. The molecule has 0 aliphatic rings. The third-order valence-electron chi connectivity index (χ3n) is 0.910. The Kier molecular flexibility index (Phi) is 3.31. The van der Waals surface area contributed by atoms with Crippen LogP contribution in [0.5, 0.6) is 0 Å². The maximum atomic E-state index is 10.6. The summed E-state index contributed by atoms with van der Waals surface area (Å²) in [5.74, 6) is -1.32. The average Bonchev–Trinajstić information content (AvgIpc) is 2.01. The maximum Gasteiger partial charge on any atom is 0.194 e. The van der Waals surface area contributed by atoms with Gasteiger partial charge in [0.2, 0.25) is 0 Å². The lowest BCUT2D eigenvalue weighted by atomic mass is 10.1. The van der Waals surface area contributed by atoms with Crippen molar-refractivity contribution >= 4 is 5.78 Å². The van der Waals surface area contributed by atoms with Crippen LogP contribution in [0.1, 0.15) is 1.37 Å². The summed E-state index contributed by atoms with van der Waals surface area (Å²) in [5.41, 5.74) is 0. The summed E-state index contributed by atoms with van der Waals surface area (Å²) in [6.45, 7) is -1.98. The van der Waals surface area contributed by atoms with Gasteiger partial charge >= 0.3 is 0 Å². The summed E-state index contributed by atoms with van der Waals surface area (Å²) in [7, 11) is 0. The lowest BCUT2D eigenvalue weighted by Crippen LogP contribution is -2.36. The van der Waals surface area contributed by atoms with Crippen LogP contribution < -0.4 is 0 Å². The highest BCUT2D eigenvalue weighted by molar-refractivity contribution is 5.87. The Morgan fingerprint density at radius 1 is 1.40 bits per heavy atom. The number of rotatable bonds is 4. The van der Waals surface area contributed by atoms with Gasteiger partial charge in [0, 0.05) is 0 Å². The number of aliphatic hydroxyl groups excluding tert-OH is 3. The molecule has 0 rings (SSSR count). The molecule has 60 valence electrons. The summed E-state index contributed by atoms with van der Waals surface area (Å²) in [6, 6.07) is 0. The van der Waals surface area contributed by atoms with E-state index in [2.05, 4.69) is 0 Å². The lowest BCUT2D eigenvalue weighted by Gasteiger charge is -2.08. The Bertz CT molecular complexity index is 146. The quantitative estimate of drug-likeness (QED) is 0.349. The molecule has 0 aliphatic heterocycles. The summed E-state index contributed by atoms with van der Waals surface area (Å²) in [5, 5.41) is 33.8. The second-order valence-corrected chi connectivity index (χ2v) is 1.67. The van der Waals surface area contributed by atoms with Crippen molar-refractivity contribution in [2.75, 3.05) is 13.2 Å². The first-order valence-electron chi connectivity index (χ1n) is 3.12. The van der Waals surface area contributed by atoms with E-state index in [1.54, 1.807) is 0 Å². The van der Waals surface area contributed by atoms with E-state index in [4.69, 9.17) is 21.8 Å². The van der Waals surface area contributed by atoms with Crippen molar-refractivity contribution in [1.29, 1.82) is 0 Å². The van der Waals surface area contributed by atoms with E-state index in [9.17, 15) is 4.79 Å². The summed E-state index contributed by atoms with van der Waals surface area (Å²) in [6.07, 6.45) is -4.54. The fourth-order valence-electron chi connectivity index (χ4n) is 0.353. The van der Waals surface area contributed by atoms with E-state index in [1.165, 1.54) is 0 Å². The highest BCUT2D eigenvalue weighted by atomic mass is 16.3. The van der Waals surface area contributed by atoms with Gasteiger partial charge in [0.05, 0.1) is 14.6 Å². The van der Waals surface area contributed by atoms with Crippen molar-refractivity contribution < 1.29 is 26.6 Å². The van der Waals surface area contributed by atoms with Crippen LogP contribution >= 0.6 is 0 Å². The molecule has 0 heterocycles. The van der Waals surface area contributed by atoms with Crippen LogP contribution in [0.25, 0.3) is 0 Å². The van der Waals surface area contributed by atoms with Crippen molar-refractivity contribution in [3.05, 3.63) is 0 Å². The Balaban J connectivity index is 4.23. The van der Waals surface area contributed by atoms with Crippen LogP contribution in [0.2, 0.25) is 0 Å². The molecule has 0 aromatic rings. The van der Waals surface area contributed by atoms with Crippen molar-refractivity contribution in [2.24, 2.45) is 0 Å². The fraction of sp³-hybridized carbons (Fsp3) is 0.800. The lowest BCUT2D eigenvalue weighted by molar-refractivity contribution is -0.139. The maximum absolute atomic E-state index is 10.6. The second-order valence-electron chi connectivity index (χ2n) is 1.67. The summed E-state index contributed by atoms with van der Waals surface area (Å²) < 4.78 is 6.70. The van der Waals surface area contributed by atoms with E-state index in [-0.39, 0.29) is 0 Å². The second kappa shape index (κ2) is 4.35. The third-order valence-corrected chi connectivity index (χ3v) is 0.910. The molecular formula is C5H10O5. The predicted molar refractivity (Wildman–Crippen MR) is 31.2 cm³/mol. The molecule has 0 aromatic carbocycles. The molecule has 0 bridgehead atoms. The minimum absolute atomic E-state index is 0.875. The molecule has 0 unspecified atom stereocenters. The third kappa shape index (κ3) is 2.40. The van der Waals surface area contributed by atoms with Crippen LogP contribution in [0.4, 0.5) is 0 Å². The number of hydrogen-bond donors (Lipinski definition) is 4. The first-order valence-corrected chi connectivity index (χ1v) is 2.62.